The maximum Gasteiger partial charge on any atom is 0.258 e. The minimum absolute atomic E-state index is 0.0361. The van der Waals surface area contributed by atoms with Crippen LogP contribution in [0, 0.1) is 11.8 Å². The van der Waals surface area contributed by atoms with Gasteiger partial charge in [0.25, 0.3) is 11.8 Å². The summed E-state index contributed by atoms with van der Waals surface area (Å²) >= 11 is 0. The number of hydrogen-bond acceptors (Lipinski definition) is 6. The molecule has 2 amide bonds. The number of carbonyl (C=O) groups is 2. The number of ether oxygens (including phenoxy) is 2. The Labute approximate surface area is 264 Å². The molecule has 1 fully saturated rings. The molecule has 1 aliphatic heterocycles. The van der Waals surface area contributed by atoms with E-state index in [0.717, 1.165) is 38.3 Å². The number of anilines is 1. The fraction of sp³-hybridized carbons (Fsp3) is 0.611. The van der Waals surface area contributed by atoms with Crippen LogP contribution in [-0.2, 0) is 4.74 Å². The van der Waals surface area contributed by atoms with Crippen LogP contribution in [0.1, 0.15) is 92.9 Å². The van der Waals surface area contributed by atoms with Crippen molar-refractivity contribution in [2.45, 2.75) is 90.4 Å². The lowest BCUT2D eigenvalue weighted by molar-refractivity contribution is -0.0190. The molecule has 0 saturated heterocycles. The predicted octanol–water partition coefficient (Wildman–Crippen LogP) is 6.25. The zero-order valence-electron chi connectivity index (χ0n) is 27.2. The summed E-state index contributed by atoms with van der Waals surface area (Å²) < 4.78 is 12.9. The fourth-order valence-corrected chi connectivity index (χ4v) is 6.45. The summed E-state index contributed by atoms with van der Waals surface area (Å²) in [7, 11) is 2.19. The van der Waals surface area contributed by atoms with Crippen LogP contribution in [0.3, 0.4) is 0 Å². The molecule has 8 nitrogen and oxygen atoms in total. The molecule has 0 bridgehead atoms. The summed E-state index contributed by atoms with van der Waals surface area (Å²) in [6, 6.07) is 13.8. The van der Waals surface area contributed by atoms with Crippen molar-refractivity contribution < 1.29 is 24.2 Å². The van der Waals surface area contributed by atoms with E-state index in [1.54, 1.807) is 35.2 Å². The number of nitrogens with zero attached hydrogens (tertiary/aromatic N) is 2. The van der Waals surface area contributed by atoms with Gasteiger partial charge in [-0.15, -0.1) is 0 Å². The first-order chi connectivity index (χ1) is 21.2. The van der Waals surface area contributed by atoms with Crippen LogP contribution in [-0.4, -0.2) is 84.9 Å². The van der Waals surface area contributed by atoms with Crippen molar-refractivity contribution in [3.8, 4) is 5.75 Å². The number of benzene rings is 2. The van der Waals surface area contributed by atoms with E-state index >= 15 is 0 Å². The van der Waals surface area contributed by atoms with Gasteiger partial charge in [0.2, 0.25) is 0 Å². The number of aliphatic hydroxyl groups excluding tert-OH is 1. The molecule has 2 aliphatic rings. The number of carbonyl (C=O) groups excluding carboxylic acids is 2. The highest BCUT2D eigenvalue weighted by atomic mass is 16.5. The molecule has 1 heterocycles. The summed E-state index contributed by atoms with van der Waals surface area (Å²) in [4.78, 5) is 31.4. The average molecular weight is 608 g/mol. The Balaban J connectivity index is 1.59. The Bertz CT molecular complexity index is 1190. The molecule has 1 saturated carbocycles. The Morgan fingerprint density at radius 3 is 2.48 bits per heavy atom. The van der Waals surface area contributed by atoms with Gasteiger partial charge >= 0.3 is 0 Å². The monoisotopic (exact) mass is 607 g/mol. The number of fused-ring (bicyclic) bond motifs is 1. The second kappa shape index (κ2) is 16.9. The number of aliphatic hydroxyl groups is 1. The molecule has 0 radical (unpaired) electrons. The summed E-state index contributed by atoms with van der Waals surface area (Å²) in [5.41, 5.74) is 1.42. The van der Waals surface area contributed by atoms with Gasteiger partial charge in [-0.05, 0) is 89.2 Å². The van der Waals surface area contributed by atoms with Gasteiger partial charge in [0, 0.05) is 43.4 Å². The number of amides is 2. The van der Waals surface area contributed by atoms with Gasteiger partial charge in [-0.1, -0.05) is 44.4 Å². The minimum Gasteiger partial charge on any atom is -0.490 e. The standard InChI is InChI=1S/C36H53N3O5/c1-26-22-39(27(2)25-40)36(42)32-21-31(37-35(41)30-16-9-6-10-17-30)18-19-33(32)44-28(3)13-11-12-20-43-34(26)24-38(4)23-29-14-7-5-8-15-29/h6,9-10,16-19,21,26-29,34,40H,5,7-8,11-15,20,22-25H2,1-4H3,(H,37,41)/t26-,27-,28-,34+/m0/s1. The maximum absolute atomic E-state index is 14.3. The number of hydrogen-bond donors (Lipinski definition) is 2. The lowest BCUT2D eigenvalue weighted by Gasteiger charge is -2.36. The van der Waals surface area contributed by atoms with Crippen LogP contribution in [0.4, 0.5) is 5.69 Å². The number of likely N-dealkylation sites (N-methyl/N-ethyl adjacent to an activating group) is 1. The molecular weight excluding hydrogens is 554 g/mol. The summed E-state index contributed by atoms with van der Waals surface area (Å²) in [6.07, 6.45) is 9.19. The lowest BCUT2D eigenvalue weighted by atomic mass is 9.89. The third-order valence-corrected chi connectivity index (χ3v) is 9.13. The molecular formula is C36H53N3O5. The van der Waals surface area contributed by atoms with Gasteiger partial charge < -0.3 is 29.7 Å². The normalized spacial score (nSPS) is 23.4. The molecule has 2 aromatic carbocycles. The average Bonchev–Trinajstić information content (AvgIpc) is 3.03. The molecule has 2 aromatic rings. The third kappa shape index (κ3) is 9.78. The third-order valence-electron chi connectivity index (χ3n) is 9.13. The van der Waals surface area contributed by atoms with E-state index in [-0.39, 0.29) is 36.5 Å². The van der Waals surface area contributed by atoms with Gasteiger partial charge in [-0.2, -0.15) is 0 Å². The van der Waals surface area contributed by atoms with Crippen molar-refractivity contribution in [3.05, 3.63) is 59.7 Å². The Hall–Kier alpha value is -2.94. The largest absolute Gasteiger partial charge is 0.490 e. The first kappa shape index (κ1) is 33.9. The molecule has 242 valence electrons. The minimum atomic E-state index is -0.411. The smallest absolute Gasteiger partial charge is 0.258 e. The van der Waals surface area contributed by atoms with Gasteiger partial charge in [-0.25, -0.2) is 0 Å². The second-order valence-electron chi connectivity index (χ2n) is 13.1. The van der Waals surface area contributed by atoms with E-state index in [1.165, 1.54) is 32.1 Å². The van der Waals surface area contributed by atoms with E-state index in [0.29, 0.717) is 35.7 Å². The van der Waals surface area contributed by atoms with E-state index in [1.807, 2.05) is 32.0 Å². The van der Waals surface area contributed by atoms with E-state index in [9.17, 15) is 14.7 Å². The maximum atomic E-state index is 14.3. The summed E-state index contributed by atoms with van der Waals surface area (Å²) in [6.45, 7) is 8.84. The molecule has 0 aromatic heterocycles. The predicted molar refractivity (Wildman–Crippen MR) is 175 cm³/mol. The van der Waals surface area contributed by atoms with Crippen molar-refractivity contribution in [2.75, 3.05) is 45.2 Å². The van der Waals surface area contributed by atoms with Crippen molar-refractivity contribution in [1.82, 2.24) is 9.80 Å². The summed E-state index contributed by atoms with van der Waals surface area (Å²) in [5, 5.41) is 13.2. The first-order valence-corrected chi connectivity index (χ1v) is 16.6. The zero-order chi connectivity index (χ0) is 31.5. The van der Waals surface area contributed by atoms with Crippen LogP contribution >= 0.6 is 0 Å². The molecule has 8 heteroatoms. The highest BCUT2D eigenvalue weighted by Gasteiger charge is 2.31. The van der Waals surface area contributed by atoms with E-state index in [4.69, 9.17) is 9.47 Å². The van der Waals surface area contributed by atoms with Crippen LogP contribution in [0.15, 0.2) is 48.5 Å². The van der Waals surface area contributed by atoms with Gasteiger partial charge in [0.15, 0.2) is 0 Å². The number of rotatable bonds is 8. The lowest BCUT2D eigenvalue weighted by Crippen LogP contribution is -2.47. The Morgan fingerprint density at radius 1 is 1.02 bits per heavy atom. The molecule has 2 N–H and O–H groups in total. The molecule has 0 unspecified atom stereocenters. The van der Waals surface area contributed by atoms with E-state index < -0.39 is 6.04 Å². The zero-order valence-corrected chi connectivity index (χ0v) is 27.2. The molecule has 4 rings (SSSR count). The fourth-order valence-electron chi connectivity index (χ4n) is 6.45. The first-order valence-electron chi connectivity index (χ1n) is 16.6. The highest BCUT2D eigenvalue weighted by molar-refractivity contribution is 6.05. The number of nitrogens with one attached hydrogen (secondary N) is 1. The molecule has 1 aliphatic carbocycles. The van der Waals surface area contributed by atoms with E-state index in [2.05, 4.69) is 24.2 Å². The molecule has 44 heavy (non-hydrogen) atoms. The molecule has 4 atom stereocenters. The SMILES string of the molecule is C[C@H]1CCCCO[C@H](CN(C)CC2CCCCC2)[C@@H](C)CN([C@@H](C)CO)C(=O)c2cc(NC(=O)c3ccccc3)ccc2O1. The Kier molecular flexibility index (Phi) is 13.1. The van der Waals surface area contributed by atoms with Crippen LogP contribution in [0.5, 0.6) is 5.75 Å². The van der Waals surface area contributed by atoms with Gasteiger partial charge in [0.05, 0.1) is 30.4 Å². The Morgan fingerprint density at radius 2 is 1.75 bits per heavy atom. The topological polar surface area (TPSA) is 91.3 Å². The summed E-state index contributed by atoms with van der Waals surface area (Å²) in [5.74, 6) is 0.779. The van der Waals surface area contributed by atoms with Gasteiger partial charge in [-0.3, -0.25) is 9.59 Å². The van der Waals surface area contributed by atoms with Crippen molar-refractivity contribution >= 4 is 17.5 Å². The van der Waals surface area contributed by atoms with Crippen molar-refractivity contribution in [2.24, 2.45) is 11.8 Å². The van der Waals surface area contributed by atoms with Crippen LogP contribution in [0.2, 0.25) is 0 Å². The molecule has 0 spiro atoms. The van der Waals surface area contributed by atoms with Crippen LogP contribution in [0.25, 0.3) is 0 Å². The van der Waals surface area contributed by atoms with Crippen molar-refractivity contribution in [1.29, 1.82) is 0 Å². The highest BCUT2D eigenvalue weighted by Crippen LogP contribution is 2.29. The quantitative estimate of drug-likeness (QED) is 0.369. The van der Waals surface area contributed by atoms with Crippen LogP contribution < -0.4 is 10.1 Å². The van der Waals surface area contributed by atoms with Gasteiger partial charge in [0.1, 0.15) is 5.75 Å². The van der Waals surface area contributed by atoms with Crippen molar-refractivity contribution in [3.63, 3.8) is 0 Å². The second-order valence-corrected chi connectivity index (χ2v) is 13.1.